The molecular weight excluding hydrogens is 379 g/mol. The van der Waals surface area contributed by atoms with E-state index in [-0.39, 0.29) is 21.6 Å². The molecule has 1 aliphatic heterocycles. The molecule has 2 fully saturated rings. The molecule has 4 aliphatic rings. The van der Waals surface area contributed by atoms with Crippen molar-refractivity contribution in [2.45, 2.75) is 111 Å². The summed E-state index contributed by atoms with van der Waals surface area (Å²) >= 11 is 0.206. The third kappa shape index (κ3) is 2.78. The zero-order valence-corrected chi connectivity index (χ0v) is 19.4. The van der Waals surface area contributed by atoms with Crippen LogP contribution in [0.5, 0.6) is 0 Å². The summed E-state index contributed by atoms with van der Waals surface area (Å²) < 4.78 is 5.87. The van der Waals surface area contributed by atoms with Gasteiger partial charge in [0, 0.05) is 0 Å². The molecule has 26 heavy (non-hydrogen) atoms. The van der Waals surface area contributed by atoms with Gasteiger partial charge in [0.15, 0.2) is 0 Å². The van der Waals surface area contributed by atoms with Gasteiger partial charge in [0.2, 0.25) is 0 Å². The average molecular weight is 416 g/mol. The van der Waals surface area contributed by atoms with Gasteiger partial charge in [-0.15, -0.1) is 0 Å². The first-order valence-corrected chi connectivity index (χ1v) is 12.7. The van der Waals surface area contributed by atoms with Gasteiger partial charge in [0.25, 0.3) is 0 Å². The fourth-order valence-electron chi connectivity index (χ4n) is 5.79. The van der Waals surface area contributed by atoms with E-state index in [0.717, 1.165) is 12.1 Å². The topological polar surface area (TPSA) is 6.25 Å². The molecule has 0 saturated heterocycles. The molecule has 0 unspecified atom stereocenters. The van der Waals surface area contributed by atoms with Crippen molar-refractivity contribution in [2.75, 3.05) is 0 Å². The van der Waals surface area contributed by atoms with E-state index in [1.165, 1.54) is 64.2 Å². The molecule has 0 aromatic carbocycles. The quantitative estimate of drug-likeness (QED) is 0.543. The van der Waals surface area contributed by atoms with Crippen LogP contribution >= 0.6 is 0 Å². The molecular formula is C23H37AsN2+. The van der Waals surface area contributed by atoms with Crippen LogP contribution in [-0.4, -0.2) is 41.4 Å². The second kappa shape index (κ2) is 7.16. The van der Waals surface area contributed by atoms with Gasteiger partial charge in [-0.3, -0.25) is 0 Å². The number of hydrogen-bond donors (Lipinski definition) is 0. The van der Waals surface area contributed by atoms with Gasteiger partial charge in [-0.25, -0.2) is 0 Å². The summed E-state index contributed by atoms with van der Waals surface area (Å²) in [6, 6.07) is 1.66. The van der Waals surface area contributed by atoms with E-state index in [4.69, 9.17) is 0 Å². The summed E-state index contributed by atoms with van der Waals surface area (Å²) in [6.07, 6.45) is 14.4. The molecule has 0 atom stereocenters. The normalized spacial score (nSPS) is 29.2. The molecule has 0 aromatic rings. The van der Waals surface area contributed by atoms with Crippen molar-refractivity contribution >= 4 is 22.0 Å². The van der Waals surface area contributed by atoms with E-state index in [1.807, 2.05) is 0 Å². The second-order valence-corrected chi connectivity index (χ2v) is 11.5. The predicted molar refractivity (Wildman–Crippen MR) is 111 cm³/mol. The Morgan fingerprint density at radius 3 is 1.85 bits per heavy atom. The third-order valence-corrected chi connectivity index (χ3v) is 11.1. The van der Waals surface area contributed by atoms with Crippen LogP contribution in [0, 0.1) is 5.41 Å². The van der Waals surface area contributed by atoms with Crippen LogP contribution in [-0.2, 0) is 0 Å². The third-order valence-electron chi connectivity index (χ3n) is 8.10. The Balaban J connectivity index is 1.76. The molecule has 1 heterocycles. The molecule has 0 N–H and O–H groups in total. The maximum absolute atomic E-state index is 2.93. The van der Waals surface area contributed by atoms with Crippen molar-refractivity contribution in [3.05, 3.63) is 22.3 Å². The first-order valence-electron chi connectivity index (χ1n) is 11.0. The Bertz CT molecular complexity index is 648. The number of hydrogen-bond acceptors (Lipinski definition) is 1. The molecule has 3 aliphatic carbocycles. The minimum absolute atomic E-state index is 0.150. The fourth-order valence-corrected chi connectivity index (χ4v) is 9.14. The van der Waals surface area contributed by atoms with E-state index in [0.29, 0.717) is 0 Å². The molecule has 1 radical (unpaired) electrons. The van der Waals surface area contributed by atoms with E-state index in [1.54, 1.807) is 28.1 Å². The van der Waals surface area contributed by atoms with Crippen molar-refractivity contribution in [2.24, 2.45) is 5.41 Å². The van der Waals surface area contributed by atoms with Gasteiger partial charge in [-0.05, 0) is 0 Å². The monoisotopic (exact) mass is 416 g/mol. The van der Waals surface area contributed by atoms with E-state index in [9.17, 15) is 0 Å². The van der Waals surface area contributed by atoms with Crippen LogP contribution in [0.4, 0.5) is 0 Å². The number of nitrogens with zero attached hydrogens (tertiary/aromatic N) is 2. The molecule has 3 heteroatoms. The van der Waals surface area contributed by atoms with Gasteiger partial charge in [-0.2, -0.15) is 0 Å². The molecule has 2 nitrogen and oxygen atoms in total. The van der Waals surface area contributed by atoms with E-state index < -0.39 is 0 Å². The molecule has 4 rings (SSSR count). The average Bonchev–Trinajstić information content (AvgIpc) is 2.79. The number of amidine groups is 1. The van der Waals surface area contributed by atoms with Gasteiger partial charge in [-0.1, -0.05) is 0 Å². The van der Waals surface area contributed by atoms with Crippen LogP contribution < -0.4 is 0 Å². The fraction of sp³-hybridized carbons (Fsp3) is 0.783. The first kappa shape index (κ1) is 18.9. The van der Waals surface area contributed by atoms with Crippen molar-refractivity contribution < 1.29 is 3.49 Å². The van der Waals surface area contributed by atoms with Gasteiger partial charge >= 0.3 is 168 Å². The molecule has 2 saturated carbocycles. The molecule has 0 bridgehead atoms. The first-order chi connectivity index (χ1) is 12.5. The van der Waals surface area contributed by atoms with Crippen LogP contribution in [0.1, 0.15) is 98.8 Å². The summed E-state index contributed by atoms with van der Waals surface area (Å²) in [6.45, 7) is 12.1. The summed E-state index contributed by atoms with van der Waals surface area (Å²) in [4.78, 5) is 0. The molecule has 0 aromatic heterocycles. The Morgan fingerprint density at radius 2 is 1.31 bits per heavy atom. The van der Waals surface area contributed by atoms with Crippen molar-refractivity contribution in [1.82, 2.24) is 3.82 Å². The van der Waals surface area contributed by atoms with Crippen LogP contribution in [0.3, 0.4) is 0 Å². The minimum atomic E-state index is 0.150. The van der Waals surface area contributed by atoms with Gasteiger partial charge < -0.3 is 0 Å². The van der Waals surface area contributed by atoms with Crippen molar-refractivity contribution in [1.29, 1.82) is 0 Å². The van der Waals surface area contributed by atoms with Gasteiger partial charge in [0.05, 0.1) is 0 Å². The summed E-state index contributed by atoms with van der Waals surface area (Å²) in [5, 5.41) is 0. The zero-order valence-electron chi connectivity index (χ0n) is 17.6. The molecule has 143 valence electrons. The summed E-state index contributed by atoms with van der Waals surface area (Å²) in [5.41, 5.74) is 6.48. The Kier molecular flexibility index (Phi) is 5.19. The summed E-state index contributed by atoms with van der Waals surface area (Å²) in [5.74, 6) is 1.71. The SMILES string of the molecule is CC1=C(C)C(C)(C2=[N+](C3CCCCC3)[As]N2C2CCCCC2)C(C)=C1C. The van der Waals surface area contributed by atoms with Crippen LogP contribution in [0.25, 0.3) is 0 Å². The Hall–Kier alpha value is -0.492. The van der Waals surface area contributed by atoms with Crippen molar-refractivity contribution in [3.8, 4) is 0 Å². The van der Waals surface area contributed by atoms with Crippen LogP contribution in [0.15, 0.2) is 22.3 Å². The standard InChI is InChI=1S/C23H37AsN2/c1-16-17(2)19(4)23(5,18(16)3)22-25(20-12-8-6-9-13-20)24-26(22)21-14-10-7-11-15-21/h20-21H,6-15H2,1-5H3/q+1. The second-order valence-electron chi connectivity index (χ2n) is 9.31. The number of allylic oxidation sites excluding steroid dienone is 2. The van der Waals surface area contributed by atoms with Gasteiger partial charge in [0.1, 0.15) is 0 Å². The van der Waals surface area contributed by atoms with E-state index >= 15 is 0 Å². The van der Waals surface area contributed by atoms with Crippen molar-refractivity contribution in [3.63, 3.8) is 0 Å². The summed E-state index contributed by atoms with van der Waals surface area (Å²) in [7, 11) is 0. The molecule has 0 spiro atoms. The predicted octanol–water partition coefficient (Wildman–Crippen LogP) is 5.61. The maximum atomic E-state index is 2.93. The van der Waals surface area contributed by atoms with E-state index in [2.05, 4.69) is 41.9 Å². The van der Waals surface area contributed by atoms with Crippen LogP contribution in [0.2, 0.25) is 0 Å². The zero-order chi connectivity index (χ0) is 18.5. The Morgan fingerprint density at radius 1 is 0.808 bits per heavy atom. The Labute approximate surface area is 168 Å². The number of rotatable bonds is 3. The molecule has 0 amide bonds.